The number of hydrogen-bond acceptors (Lipinski definition) is 3. The normalized spacial score (nSPS) is 10.7. The topological polar surface area (TPSA) is 63.5 Å². The predicted octanol–water partition coefficient (Wildman–Crippen LogP) is 4.34. The van der Waals surface area contributed by atoms with Crippen molar-refractivity contribution < 1.29 is 9.72 Å². The number of halogens is 1. The van der Waals surface area contributed by atoms with Crippen molar-refractivity contribution in [2.75, 3.05) is 11.9 Å². The predicted molar refractivity (Wildman–Crippen MR) is 94.4 cm³/mol. The van der Waals surface area contributed by atoms with Crippen LogP contribution < -0.4 is 4.90 Å². The minimum Gasteiger partial charge on any atom is -0.312 e. The lowest BCUT2D eigenvalue weighted by Gasteiger charge is -2.18. The van der Waals surface area contributed by atoms with E-state index in [-0.39, 0.29) is 11.6 Å². The maximum atomic E-state index is 12.3. The van der Waals surface area contributed by atoms with E-state index in [1.165, 1.54) is 23.1 Å². The van der Waals surface area contributed by atoms with E-state index in [0.29, 0.717) is 5.56 Å². The van der Waals surface area contributed by atoms with E-state index in [1.54, 1.807) is 25.3 Å². The van der Waals surface area contributed by atoms with Crippen molar-refractivity contribution in [2.24, 2.45) is 0 Å². The van der Waals surface area contributed by atoms with E-state index in [1.807, 2.05) is 25.1 Å². The number of aryl methyl sites for hydroxylation is 1. The molecule has 0 heterocycles. The van der Waals surface area contributed by atoms with Gasteiger partial charge in [0, 0.05) is 35.4 Å². The van der Waals surface area contributed by atoms with Gasteiger partial charge in [-0.3, -0.25) is 14.9 Å². The van der Waals surface area contributed by atoms with Crippen LogP contribution in [0.1, 0.15) is 11.1 Å². The number of carbonyl (C=O) groups is 1. The molecule has 0 bridgehead atoms. The highest BCUT2D eigenvalue weighted by molar-refractivity contribution is 9.10. The van der Waals surface area contributed by atoms with Crippen molar-refractivity contribution >= 4 is 39.3 Å². The molecule has 6 heteroatoms. The van der Waals surface area contributed by atoms with E-state index < -0.39 is 4.92 Å². The third-order valence-electron chi connectivity index (χ3n) is 3.35. The highest BCUT2D eigenvalue weighted by Gasteiger charge is 2.11. The van der Waals surface area contributed by atoms with Crippen molar-refractivity contribution in [1.82, 2.24) is 0 Å². The molecule has 0 saturated heterocycles. The smallest absolute Gasteiger partial charge is 0.270 e. The number of carbonyl (C=O) groups excluding carboxylic acids is 1. The molecule has 0 N–H and O–H groups in total. The average molecular weight is 375 g/mol. The van der Waals surface area contributed by atoms with Crippen LogP contribution in [0.15, 0.2) is 53.0 Å². The number of nitrogens with zero attached hydrogens (tertiary/aromatic N) is 2. The van der Waals surface area contributed by atoms with Crippen LogP contribution in [0.2, 0.25) is 0 Å². The molecule has 118 valence electrons. The second-order valence-corrected chi connectivity index (χ2v) is 5.93. The summed E-state index contributed by atoms with van der Waals surface area (Å²) in [6, 6.07) is 11.8. The molecular formula is C17H15BrN2O3. The van der Waals surface area contributed by atoms with Crippen molar-refractivity contribution in [2.45, 2.75) is 6.92 Å². The number of nitro groups is 1. The Hall–Kier alpha value is -2.47. The summed E-state index contributed by atoms with van der Waals surface area (Å²) < 4.78 is 0.951. The number of amides is 1. The lowest BCUT2D eigenvalue weighted by Crippen LogP contribution is -2.24. The van der Waals surface area contributed by atoms with E-state index in [9.17, 15) is 14.9 Å². The van der Waals surface area contributed by atoms with Gasteiger partial charge in [-0.15, -0.1) is 0 Å². The molecule has 0 aliphatic carbocycles. The van der Waals surface area contributed by atoms with Crippen molar-refractivity contribution in [3.8, 4) is 0 Å². The van der Waals surface area contributed by atoms with Gasteiger partial charge in [0.1, 0.15) is 0 Å². The van der Waals surface area contributed by atoms with E-state index in [2.05, 4.69) is 15.9 Å². The number of hydrogen-bond donors (Lipinski definition) is 0. The Kier molecular flexibility index (Phi) is 5.28. The standard InChI is InChI=1S/C17H15BrN2O3/c1-12-10-14(18)7-8-16(12)19(2)17(21)9-6-13-4-3-5-15(11-13)20(22)23/h3-11H,1-2H3/b9-6+. The van der Waals surface area contributed by atoms with Crippen LogP contribution >= 0.6 is 15.9 Å². The Morgan fingerprint density at radius 2 is 2.00 bits per heavy atom. The number of nitro benzene ring substituents is 1. The number of likely N-dealkylation sites (N-methyl/N-ethyl adjacent to an activating group) is 1. The van der Waals surface area contributed by atoms with Crippen LogP contribution in [0.25, 0.3) is 6.08 Å². The van der Waals surface area contributed by atoms with Crippen LogP contribution in [0, 0.1) is 17.0 Å². The van der Waals surface area contributed by atoms with Crippen LogP contribution in [0.3, 0.4) is 0 Å². The van der Waals surface area contributed by atoms with Gasteiger partial charge in [-0.05, 0) is 42.3 Å². The zero-order valence-corrected chi connectivity index (χ0v) is 14.3. The maximum absolute atomic E-state index is 12.3. The Morgan fingerprint density at radius 3 is 2.65 bits per heavy atom. The van der Waals surface area contributed by atoms with E-state index in [0.717, 1.165) is 15.7 Å². The number of rotatable bonds is 4. The summed E-state index contributed by atoms with van der Waals surface area (Å²) in [6.07, 6.45) is 2.97. The highest BCUT2D eigenvalue weighted by atomic mass is 79.9. The summed E-state index contributed by atoms with van der Waals surface area (Å²) in [5.74, 6) is -0.207. The first-order chi connectivity index (χ1) is 10.9. The third-order valence-corrected chi connectivity index (χ3v) is 3.84. The van der Waals surface area contributed by atoms with E-state index >= 15 is 0 Å². The second-order valence-electron chi connectivity index (χ2n) is 5.01. The largest absolute Gasteiger partial charge is 0.312 e. The van der Waals surface area contributed by atoms with E-state index in [4.69, 9.17) is 0 Å². The van der Waals surface area contributed by atoms with Crippen molar-refractivity contribution in [3.63, 3.8) is 0 Å². The van der Waals surface area contributed by atoms with Crippen LogP contribution in [-0.4, -0.2) is 17.9 Å². The van der Waals surface area contributed by atoms with Crippen molar-refractivity contribution in [1.29, 1.82) is 0 Å². The zero-order chi connectivity index (χ0) is 17.0. The summed E-state index contributed by atoms with van der Waals surface area (Å²) in [7, 11) is 1.69. The monoisotopic (exact) mass is 374 g/mol. The Labute approximate surface area is 142 Å². The van der Waals surface area contributed by atoms with Crippen LogP contribution in [0.4, 0.5) is 11.4 Å². The molecule has 2 aromatic carbocycles. The van der Waals surface area contributed by atoms with Crippen LogP contribution in [0.5, 0.6) is 0 Å². The fraction of sp³-hybridized carbons (Fsp3) is 0.118. The SMILES string of the molecule is Cc1cc(Br)ccc1N(C)C(=O)/C=C/c1cccc([N+](=O)[O-])c1. The molecule has 0 aliphatic heterocycles. The lowest BCUT2D eigenvalue weighted by atomic mass is 10.1. The van der Waals surface area contributed by atoms with Crippen LogP contribution in [-0.2, 0) is 4.79 Å². The fourth-order valence-corrected chi connectivity index (χ4v) is 2.61. The summed E-state index contributed by atoms with van der Waals surface area (Å²) in [4.78, 5) is 24.1. The molecule has 0 aromatic heterocycles. The Morgan fingerprint density at radius 1 is 1.26 bits per heavy atom. The molecule has 1 amide bonds. The average Bonchev–Trinajstić information content (AvgIpc) is 2.52. The molecule has 0 aliphatic rings. The summed E-state index contributed by atoms with van der Waals surface area (Å²) in [5, 5.41) is 10.8. The Balaban J connectivity index is 2.17. The van der Waals surface area contributed by atoms with Gasteiger partial charge in [-0.2, -0.15) is 0 Å². The molecule has 0 spiro atoms. The van der Waals surface area contributed by atoms with Gasteiger partial charge in [0.2, 0.25) is 0 Å². The first-order valence-corrected chi connectivity index (χ1v) is 7.64. The van der Waals surface area contributed by atoms with Gasteiger partial charge < -0.3 is 4.90 Å². The molecule has 2 aromatic rings. The minimum absolute atomic E-state index is 0.00305. The number of benzene rings is 2. The first kappa shape index (κ1) is 16.9. The van der Waals surface area contributed by atoms with Gasteiger partial charge in [0.25, 0.3) is 11.6 Å². The zero-order valence-electron chi connectivity index (χ0n) is 12.7. The molecule has 2 rings (SSSR count). The molecule has 23 heavy (non-hydrogen) atoms. The molecule has 0 saturated carbocycles. The lowest BCUT2D eigenvalue weighted by molar-refractivity contribution is -0.384. The van der Waals surface area contributed by atoms with Crippen molar-refractivity contribution in [3.05, 3.63) is 74.3 Å². The molecule has 5 nitrogen and oxygen atoms in total. The summed E-state index contributed by atoms with van der Waals surface area (Å²) >= 11 is 3.39. The molecule has 0 fully saturated rings. The Bertz CT molecular complexity index is 787. The van der Waals surface area contributed by atoms with Gasteiger partial charge in [-0.1, -0.05) is 28.1 Å². The second kappa shape index (κ2) is 7.19. The summed E-state index contributed by atoms with van der Waals surface area (Å²) in [5.41, 5.74) is 2.38. The first-order valence-electron chi connectivity index (χ1n) is 6.85. The quantitative estimate of drug-likeness (QED) is 0.454. The number of non-ortho nitro benzene ring substituents is 1. The number of anilines is 1. The van der Waals surface area contributed by atoms with Gasteiger partial charge in [0.15, 0.2) is 0 Å². The molecular weight excluding hydrogens is 360 g/mol. The molecule has 0 radical (unpaired) electrons. The maximum Gasteiger partial charge on any atom is 0.270 e. The van der Waals surface area contributed by atoms with Gasteiger partial charge in [-0.25, -0.2) is 0 Å². The third kappa shape index (κ3) is 4.26. The molecule has 0 unspecified atom stereocenters. The summed E-state index contributed by atoms with van der Waals surface area (Å²) in [6.45, 7) is 1.92. The molecule has 0 atom stereocenters. The minimum atomic E-state index is -0.462. The van der Waals surface area contributed by atoms with Gasteiger partial charge in [0.05, 0.1) is 4.92 Å². The highest BCUT2D eigenvalue weighted by Crippen LogP contribution is 2.23. The fourth-order valence-electron chi connectivity index (χ4n) is 2.14. The van der Waals surface area contributed by atoms with Gasteiger partial charge >= 0.3 is 0 Å².